The average molecular weight is 332 g/mol. The van der Waals surface area contributed by atoms with Gasteiger partial charge in [0.1, 0.15) is 0 Å². The second kappa shape index (κ2) is 9.60. The van der Waals surface area contributed by atoms with E-state index in [4.69, 9.17) is 5.21 Å². The lowest BCUT2D eigenvalue weighted by molar-refractivity contribution is 0.0654. The van der Waals surface area contributed by atoms with E-state index in [-0.39, 0.29) is 5.41 Å². The Hall–Kier alpha value is -1.65. The van der Waals surface area contributed by atoms with E-state index in [1.807, 2.05) is 18.2 Å². The van der Waals surface area contributed by atoms with E-state index in [0.717, 1.165) is 37.8 Å². The largest absolute Gasteiger partial charge is 0.299 e. The van der Waals surface area contributed by atoms with Crippen molar-refractivity contribution >= 4 is 5.91 Å². The number of hydrogen-bond acceptors (Lipinski definition) is 3. The van der Waals surface area contributed by atoms with E-state index >= 15 is 0 Å². The molecule has 1 unspecified atom stereocenters. The van der Waals surface area contributed by atoms with E-state index in [1.54, 1.807) is 17.6 Å². The summed E-state index contributed by atoms with van der Waals surface area (Å²) in [4.78, 5) is 13.8. The van der Waals surface area contributed by atoms with E-state index in [1.165, 1.54) is 0 Å². The highest BCUT2D eigenvalue weighted by atomic mass is 16.5. The molecule has 24 heavy (non-hydrogen) atoms. The zero-order valence-corrected chi connectivity index (χ0v) is 15.5. The van der Waals surface area contributed by atoms with Crippen LogP contribution in [0.3, 0.4) is 0 Å². The van der Waals surface area contributed by atoms with Gasteiger partial charge in [-0.2, -0.15) is 0 Å². The summed E-state index contributed by atoms with van der Waals surface area (Å²) in [5, 5.41) is 8.69. The van der Waals surface area contributed by atoms with Crippen molar-refractivity contribution in [3.8, 4) is 0 Å². The first-order valence-corrected chi connectivity index (χ1v) is 8.82. The smallest absolute Gasteiger partial charge is 0.274 e. The van der Waals surface area contributed by atoms with Crippen LogP contribution in [0.2, 0.25) is 0 Å². The maximum atomic E-state index is 11.4. The fourth-order valence-corrected chi connectivity index (χ4v) is 3.87. The van der Waals surface area contributed by atoms with E-state index in [2.05, 4.69) is 39.3 Å². The molecule has 1 aromatic carbocycles. The van der Waals surface area contributed by atoms with Crippen molar-refractivity contribution in [2.24, 2.45) is 5.41 Å². The molecule has 1 atom stereocenters. The standard InChI is InChI=1S/C20H32N2O2/c1-6-14-20(8-3,9-4)18(7-2)22(5)15-16-10-12-17(13-11-16)19(23)21-24/h6,10-13,18,24H,1,7-9,14-15H2,2-5H3,(H,21,23). The van der Waals surface area contributed by atoms with Gasteiger partial charge in [0.05, 0.1) is 0 Å². The molecule has 134 valence electrons. The van der Waals surface area contributed by atoms with Gasteiger partial charge in [-0.3, -0.25) is 14.9 Å². The molecule has 0 saturated carbocycles. The van der Waals surface area contributed by atoms with Crippen LogP contribution in [0.4, 0.5) is 0 Å². The molecule has 0 saturated heterocycles. The Morgan fingerprint density at radius 2 is 1.88 bits per heavy atom. The monoisotopic (exact) mass is 332 g/mol. The molecule has 0 aromatic heterocycles. The number of rotatable bonds is 10. The number of hydrogen-bond donors (Lipinski definition) is 2. The SMILES string of the molecule is C=CCC(CC)(CC)C(CC)N(C)Cc1ccc(C(=O)NO)cc1. The van der Waals surface area contributed by atoms with Crippen molar-refractivity contribution in [1.82, 2.24) is 10.4 Å². The van der Waals surface area contributed by atoms with Crippen LogP contribution in [0.15, 0.2) is 36.9 Å². The number of amides is 1. The maximum Gasteiger partial charge on any atom is 0.274 e. The summed E-state index contributed by atoms with van der Waals surface area (Å²) in [6.45, 7) is 11.6. The highest BCUT2D eigenvalue weighted by molar-refractivity contribution is 5.93. The van der Waals surface area contributed by atoms with Crippen LogP contribution in [-0.4, -0.2) is 29.1 Å². The Kier molecular flexibility index (Phi) is 8.16. The summed E-state index contributed by atoms with van der Waals surface area (Å²) in [6, 6.07) is 7.85. The van der Waals surface area contributed by atoms with Gasteiger partial charge >= 0.3 is 0 Å². The van der Waals surface area contributed by atoms with E-state index in [9.17, 15) is 4.79 Å². The van der Waals surface area contributed by atoms with Gasteiger partial charge in [0.2, 0.25) is 0 Å². The Labute approximate surface area is 146 Å². The first-order valence-electron chi connectivity index (χ1n) is 8.82. The minimum Gasteiger partial charge on any atom is -0.299 e. The molecule has 1 aromatic rings. The molecule has 0 aliphatic rings. The van der Waals surface area contributed by atoms with Gasteiger partial charge in [-0.25, -0.2) is 5.48 Å². The molecular weight excluding hydrogens is 300 g/mol. The molecule has 0 aliphatic heterocycles. The zero-order chi connectivity index (χ0) is 18.2. The molecule has 0 aliphatic carbocycles. The van der Waals surface area contributed by atoms with Crippen LogP contribution < -0.4 is 5.48 Å². The predicted octanol–water partition coefficient (Wildman–Crippen LogP) is 4.40. The van der Waals surface area contributed by atoms with Gasteiger partial charge < -0.3 is 0 Å². The molecular formula is C20H32N2O2. The summed E-state index contributed by atoms with van der Waals surface area (Å²) >= 11 is 0. The van der Waals surface area contributed by atoms with Crippen LogP contribution in [0, 0.1) is 5.41 Å². The molecule has 2 N–H and O–H groups in total. The summed E-state index contributed by atoms with van der Waals surface area (Å²) in [6.07, 6.45) is 6.43. The number of hydroxylamine groups is 1. The summed E-state index contributed by atoms with van der Waals surface area (Å²) in [7, 11) is 2.17. The predicted molar refractivity (Wildman–Crippen MR) is 99.1 cm³/mol. The summed E-state index contributed by atoms with van der Waals surface area (Å²) in [5.74, 6) is -0.483. The third-order valence-electron chi connectivity index (χ3n) is 5.33. The highest BCUT2D eigenvalue weighted by Gasteiger charge is 2.35. The molecule has 1 amide bonds. The normalized spacial score (nSPS) is 12.9. The molecule has 4 nitrogen and oxygen atoms in total. The van der Waals surface area contributed by atoms with Crippen molar-refractivity contribution in [3.63, 3.8) is 0 Å². The fourth-order valence-electron chi connectivity index (χ4n) is 3.87. The minimum atomic E-state index is -0.483. The van der Waals surface area contributed by atoms with Crippen molar-refractivity contribution in [1.29, 1.82) is 0 Å². The number of benzene rings is 1. The molecule has 1 rings (SSSR count). The van der Waals surface area contributed by atoms with Gasteiger partial charge in [-0.15, -0.1) is 6.58 Å². The molecule has 0 spiro atoms. The zero-order valence-electron chi connectivity index (χ0n) is 15.5. The van der Waals surface area contributed by atoms with Gasteiger partial charge in [0.25, 0.3) is 5.91 Å². The molecule has 0 fully saturated rings. The second-order valence-corrected chi connectivity index (χ2v) is 6.54. The third-order valence-corrected chi connectivity index (χ3v) is 5.33. The molecule has 0 radical (unpaired) electrons. The maximum absolute atomic E-state index is 11.4. The average Bonchev–Trinajstić information content (AvgIpc) is 2.61. The van der Waals surface area contributed by atoms with Crippen molar-refractivity contribution in [3.05, 3.63) is 48.0 Å². The molecule has 0 heterocycles. The Morgan fingerprint density at radius 1 is 1.29 bits per heavy atom. The summed E-state index contributed by atoms with van der Waals surface area (Å²) < 4.78 is 0. The van der Waals surface area contributed by atoms with Crippen molar-refractivity contribution < 1.29 is 10.0 Å². The second-order valence-electron chi connectivity index (χ2n) is 6.54. The molecule has 4 heteroatoms. The number of carbonyl (C=O) groups is 1. The van der Waals surface area contributed by atoms with Crippen LogP contribution >= 0.6 is 0 Å². The van der Waals surface area contributed by atoms with Crippen molar-refractivity contribution in [2.45, 2.75) is 59.0 Å². The fraction of sp³-hybridized carbons (Fsp3) is 0.550. The Bertz CT molecular complexity index is 521. The number of nitrogens with one attached hydrogen (secondary N) is 1. The first-order chi connectivity index (χ1) is 11.5. The van der Waals surface area contributed by atoms with Crippen LogP contribution in [-0.2, 0) is 6.54 Å². The van der Waals surface area contributed by atoms with E-state index < -0.39 is 5.91 Å². The Balaban J connectivity index is 2.91. The van der Waals surface area contributed by atoms with Gasteiger partial charge in [-0.05, 0) is 55.8 Å². The quantitative estimate of drug-likeness (QED) is 0.379. The lowest BCUT2D eigenvalue weighted by Gasteiger charge is -2.44. The summed E-state index contributed by atoms with van der Waals surface area (Å²) in [5.41, 5.74) is 3.53. The Morgan fingerprint density at radius 3 is 2.29 bits per heavy atom. The van der Waals surface area contributed by atoms with Crippen LogP contribution in [0.1, 0.15) is 62.4 Å². The van der Waals surface area contributed by atoms with E-state index in [0.29, 0.717) is 11.6 Å². The number of carbonyl (C=O) groups excluding carboxylic acids is 1. The van der Waals surface area contributed by atoms with Crippen LogP contribution in [0.5, 0.6) is 0 Å². The third kappa shape index (κ3) is 4.68. The topological polar surface area (TPSA) is 52.6 Å². The number of allylic oxidation sites excluding steroid dienone is 1. The lowest BCUT2D eigenvalue weighted by Crippen LogP contribution is -2.45. The van der Waals surface area contributed by atoms with Gasteiger partial charge in [0.15, 0.2) is 0 Å². The number of nitrogens with zero attached hydrogens (tertiary/aromatic N) is 1. The first kappa shape index (κ1) is 20.4. The minimum absolute atomic E-state index is 0.252. The van der Waals surface area contributed by atoms with Crippen molar-refractivity contribution in [2.75, 3.05) is 7.05 Å². The van der Waals surface area contributed by atoms with Gasteiger partial charge in [0, 0.05) is 18.2 Å². The van der Waals surface area contributed by atoms with Gasteiger partial charge in [-0.1, -0.05) is 39.0 Å². The van der Waals surface area contributed by atoms with Crippen LogP contribution in [0.25, 0.3) is 0 Å². The lowest BCUT2D eigenvalue weighted by atomic mass is 9.71. The highest BCUT2D eigenvalue weighted by Crippen LogP contribution is 2.39. The molecule has 0 bridgehead atoms.